The van der Waals surface area contributed by atoms with E-state index in [-0.39, 0.29) is 5.91 Å². The molecular weight excluding hydrogens is 400 g/mol. The third-order valence-corrected chi connectivity index (χ3v) is 3.93. The molecule has 2 rings (SSSR count). The zero-order valence-corrected chi connectivity index (χ0v) is 16.3. The maximum atomic E-state index is 12.1. The molecule has 1 N–H and O–H groups in total. The topological polar surface area (TPSA) is 69.7 Å². The van der Waals surface area contributed by atoms with Gasteiger partial charge in [-0.3, -0.25) is 4.79 Å². The van der Waals surface area contributed by atoms with Crippen molar-refractivity contribution in [2.45, 2.75) is 6.54 Å². The number of hydrogen-bond donors (Lipinski definition) is 1. The summed E-state index contributed by atoms with van der Waals surface area (Å²) >= 11 is 3.41. The molecule has 2 aromatic rings. The predicted molar refractivity (Wildman–Crippen MR) is 103 cm³/mol. The second kappa shape index (κ2) is 10.6. The van der Waals surface area contributed by atoms with Crippen molar-refractivity contribution in [1.29, 1.82) is 0 Å². The lowest BCUT2D eigenvalue weighted by Crippen LogP contribution is -2.21. The fourth-order valence-corrected chi connectivity index (χ4v) is 2.53. The number of rotatable bonds is 9. The van der Waals surface area contributed by atoms with Crippen LogP contribution in [-0.2, 0) is 16.1 Å². The Hall–Kier alpha value is -2.38. The Bertz CT molecular complexity index is 765. The molecule has 0 unspecified atom stereocenters. The van der Waals surface area contributed by atoms with Crippen molar-refractivity contribution in [2.75, 3.05) is 27.4 Å². The molecule has 0 aliphatic heterocycles. The van der Waals surface area contributed by atoms with Crippen LogP contribution < -0.4 is 14.8 Å². The Balaban J connectivity index is 1.96. The molecule has 138 valence electrons. The summed E-state index contributed by atoms with van der Waals surface area (Å²) in [5.41, 5.74) is 1.60. The molecule has 0 bridgehead atoms. The van der Waals surface area contributed by atoms with Crippen LogP contribution in [0, 0.1) is 0 Å². The van der Waals surface area contributed by atoms with Crippen molar-refractivity contribution in [1.82, 2.24) is 10.3 Å². The highest BCUT2D eigenvalue weighted by molar-refractivity contribution is 9.10. The summed E-state index contributed by atoms with van der Waals surface area (Å²) in [6, 6.07) is 9.25. The number of aromatic nitrogens is 1. The van der Waals surface area contributed by atoms with Crippen molar-refractivity contribution in [3.8, 4) is 11.6 Å². The van der Waals surface area contributed by atoms with Gasteiger partial charge in [-0.15, -0.1) is 0 Å². The van der Waals surface area contributed by atoms with Crippen LogP contribution in [-0.4, -0.2) is 38.3 Å². The van der Waals surface area contributed by atoms with Gasteiger partial charge in [0.05, 0.1) is 13.7 Å². The normalized spacial score (nSPS) is 10.7. The van der Waals surface area contributed by atoms with E-state index < -0.39 is 0 Å². The molecule has 26 heavy (non-hydrogen) atoms. The van der Waals surface area contributed by atoms with Crippen LogP contribution in [0.2, 0.25) is 0 Å². The van der Waals surface area contributed by atoms with Gasteiger partial charge in [0.2, 0.25) is 11.8 Å². The van der Waals surface area contributed by atoms with Gasteiger partial charge in [0.25, 0.3) is 0 Å². The molecule has 0 aliphatic carbocycles. The van der Waals surface area contributed by atoms with E-state index in [9.17, 15) is 4.79 Å². The zero-order valence-electron chi connectivity index (χ0n) is 14.7. The minimum atomic E-state index is -0.223. The first-order valence-corrected chi connectivity index (χ1v) is 8.78. The minimum absolute atomic E-state index is 0.223. The van der Waals surface area contributed by atoms with E-state index in [2.05, 4.69) is 26.2 Å². The number of nitrogens with zero attached hydrogens (tertiary/aromatic N) is 1. The Labute approximate surface area is 161 Å². The smallest absolute Gasteiger partial charge is 0.244 e. The Kier molecular flexibility index (Phi) is 8.11. The lowest BCUT2D eigenvalue weighted by Gasteiger charge is -2.10. The average Bonchev–Trinajstić information content (AvgIpc) is 2.66. The molecule has 0 fully saturated rings. The van der Waals surface area contributed by atoms with Crippen molar-refractivity contribution >= 4 is 27.9 Å². The highest BCUT2D eigenvalue weighted by Gasteiger charge is 2.06. The SMILES string of the molecule is COCCOc1ncccc1CNC(=O)/C=C/c1cc(Br)ccc1OC. The van der Waals surface area contributed by atoms with Crippen molar-refractivity contribution in [3.05, 3.63) is 58.2 Å². The van der Waals surface area contributed by atoms with Crippen LogP contribution in [0.1, 0.15) is 11.1 Å². The lowest BCUT2D eigenvalue weighted by atomic mass is 10.2. The number of amides is 1. The van der Waals surface area contributed by atoms with E-state index in [1.54, 1.807) is 32.6 Å². The lowest BCUT2D eigenvalue weighted by molar-refractivity contribution is -0.116. The number of pyridine rings is 1. The monoisotopic (exact) mass is 420 g/mol. The third-order valence-electron chi connectivity index (χ3n) is 3.44. The number of hydrogen-bond acceptors (Lipinski definition) is 5. The van der Waals surface area contributed by atoms with Gasteiger partial charge in [0, 0.05) is 41.5 Å². The first-order chi connectivity index (χ1) is 12.6. The maximum absolute atomic E-state index is 12.1. The summed E-state index contributed by atoms with van der Waals surface area (Å²) in [6.07, 6.45) is 4.82. The van der Waals surface area contributed by atoms with Crippen LogP contribution >= 0.6 is 15.9 Å². The molecule has 0 spiro atoms. The van der Waals surface area contributed by atoms with E-state index in [1.807, 2.05) is 24.3 Å². The molecule has 0 saturated carbocycles. The van der Waals surface area contributed by atoms with Crippen LogP contribution in [0.5, 0.6) is 11.6 Å². The minimum Gasteiger partial charge on any atom is -0.496 e. The van der Waals surface area contributed by atoms with E-state index in [4.69, 9.17) is 14.2 Å². The number of benzene rings is 1. The molecule has 1 aromatic carbocycles. The summed E-state index contributed by atoms with van der Waals surface area (Å²) in [5.74, 6) is 0.958. The highest BCUT2D eigenvalue weighted by atomic mass is 79.9. The molecule has 0 radical (unpaired) electrons. The molecule has 6 nitrogen and oxygen atoms in total. The number of nitrogens with one attached hydrogen (secondary N) is 1. The van der Waals surface area contributed by atoms with Crippen molar-refractivity contribution < 1.29 is 19.0 Å². The average molecular weight is 421 g/mol. The quantitative estimate of drug-likeness (QED) is 0.498. The summed E-state index contributed by atoms with van der Waals surface area (Å²) in [4.78, 5) is 16.3. The van der Waals surface area contributed by atoms with Gasteiger partial charge in [-0.05, 0) is 30.3 Å². The zero-order chi connectivity index (χ0) is 18.8. The summed E-state index contributed by atoms with van der Waals surface area (Å²) in [6.45, 7) is 1.19. The third kappa shape index (κ3) is 6.16. The molecular formula is C19H21BrN2O4. The standard InChI is InChI=1S/C19H21BrN2O4/c1-24-10-11-26-19-15(4-3-9-21-19)13-22-18(23)8-5-14-12-16(20)6-7-17(14)25-2/h3-9,12H,10-11,13H2,1-2H3,(H,22,23)/b8-5+. The molecule has 0 saturated heterocycles. The second-order valence-electron chi connectivity index (χ2n) is 5.25. The van der Waals surface area contributed by atoms with Gasteiger partial charge < -0.3 is 19.5 Å². The molecule has 1 heterocycles. The van der Waals surface area contributed by atoms with Gasteiger partial charge in [0.1, 0.15) is 12.4 Å². The highest BCUT2D eigenvalue weighted by Crippen LogP contribution is 2.24. The number of halogens is 1. The van der Waals surface area contributed by atoms with Crippen LogP contribution in [0.25, 0.3) is 6.08 Å². The Morgan fingerprint density at radius 3 is 2.88 bits per heavy atom. The number of carbonyl (C=O) groups is 1. The van der Waals surface area contributed by atoms with E-state index in [0.717, 1.165) is 15.6 Å². The van der Waals surface area contributed by atoms with Crippen LogP contribution in [0.4, 0.5) is 0 Å². The van der Waals surface area contributed by atoms with E-state index >= 15 is 0 Å². The Morgan fingerprint density at radius 1 is 1.27 bits per heavy atom. The predicted octanol–water partition coefficient (Wildman–Crippen LogP) is 3.21. The largest absolute Gasteiger partial charge is 0.496 e. The fraction of sp³-hybridized carbons (Fsp3) is 0.263. The van der Waals surface area contributed by atoms with Crippen molar-refractivity contribution in [2.24, 2.45) is 0 Å². The first-order valence-electron chi connectivity index (χ1n) is 7.99. The Morgan fingerprint density at radius 2 is 2.12 bits per heavy atom. The molecule has 7 heteroatoms. The summed E-state index contributed by atoms with van der Waals surface area (Å²) in [7, 11) is 3.20. The second-order valence-corrected chi connectivity index (χ2v) is 6.16. The van der Waals surface area contributed by atoms with Crippen molar-refractivity contribution in [3.63, 3.8) is 0 Å². The first kappa shape index (κ1) is 19.9. The number of ether oxygens (including phenoxy) is 3. The number of methoxy groups -OCH3 is 2. The van der Waals surface area contributed by atoms with Gasteiger partial charge >= 0.3 is 0 Å². The molecule has 1 aromatic heterocycles. The maximum Gasteiger partial charge on any atom is 0.244 e. The van der Waals surface area contributed by atoms with Gasteiger partial charge in [-0.2, -0.15) is 0 Å². The summed E-state index contributed by atoms with van der Waals surface area (Å²) < 4.78 is 16.7. The van der Waals surface area contributed by atoms with Crippen LogP contribution in [0.3, 0.4) is 0 Å². The molecule has 0 aliphatic rings. The van der Waals surface area contributed by atoms with E-state index in [0.29, 0.717) is 31.4 Å². The summed E-state index contributed by atoms with van der Waals surface area (Å²) in [5, 5.41) is 2.82. The fourth-order valence-electron chi connectivity index (χ4n) is 2.15. The van der Waals surface area contributed by atoms with Gasteiger partial charge in [-0.25, -0.2) is 4.98 Å². The van der Waals surface area contributed by atoms with E-state index in [1.165, 1.54) is 6.08 Å². The van der Waals surface area contributed by atoms with Gasteiger partial charge in [0.15, 0.2) is 0 Å². The molecule has 0 atom stereocenters. The number of carbonyl (C=O) groups excluding carboxylic acids is 1. The van der Waals surface area contributed by atoms with Crippen LogP contribution in [0.15, 0.2) is 47.1 Å². The molecule has 1 amide bonds. The van der Waals surface area contributed by atoms with Gasteiger partial charge in [-0.1, -0.05) is 22.0 Å².